The first-order valence-electron chi connectivity index (χ1n) is 4.64. The van der Waals surface area contributed by atoms with Crippen LogP contribution in [-0.2, 0) is 4.12 Å². The lowest BCUT2D eigenvalue weighted by Gasteiger charge is -2.32. The van der Waals surface area contributed by atoms with Crippen LogP contribution >= 0.6 is 0 Å². The van der Waals surface area contributed by atoms with Crippen LogP contribution in [-0.4, -0.2) is 28.0 Å². The van der Waals surface area contributed by atoms with Gasteiger partial charge in [-0.1, -0.05) is 13.3 Å². The molecule has 0 aliphatic rings. The second-order valence-electron chi connectivity index (χ2n) is 4.53. The lowest BCUT2D eigenvalue weighted by atomic mass is 10.6. The van der Waals surface area contributed by atoms with Crippen molar-refractivity contribution in [2.45, 2.75) is 45.6 Å². The van der Waals surface area contributed by atoms with Crippen LogP contribution < -0.4 is 0 Å². The molecule has 0 aliphatic carbocycles. The molecule has 0 saturated carbocycles. The molecule has 0 aromatic rings. The maximum absolute atomic E-state index is 9.08. The number of rotatable bonds is 5. The van der Waals surface area contributed by atoms with Crippen molar-refractivity contribution in [2.75, 3.05) is 6.23 Å². The maximum atomic E-state index is 9.08. The SMILES string of the molecule is CCC[Si](C)(C)O[Si](C)(C)CO. The van der Waals surface area contributed by atoms with Crippen LogP contribution in [0.5, 0.6) is 0 Å². The van der Waals surface area contributed by atoms with Gasteiger partial charge < -0.3 is 9.22 Å². The Morgan fingerprint density at radius 2 is 1.58 bits per heavy atom. The standard InChI is InChI=1S/C8H22O2Si2/c1-6-7-11(2,3)10-12(4,5)8-9/h9H,6-8H2,1-5H3. The predicted molar refractivity (Wildman–Crippen MR) is 58.2 cm³/mol. The zero-order valence-corrected chi connectivity index (χ0v) is 11.0. The molecule has 0 heterocycles. The van der Waals surface area contributed by atoms with Crippen molar-refractivity contribution in [1.29, 1.82) is 0 Å². The van der Waals surface area contributed by atoms with Crippen LogP contribution in [0.25, 0.3) is 0 Å². The molecule has 0 atom stereocenters. The Labute approximate surface area is 78.2 Å². The van der Waals surface area contributed by atoms with Gasteiger partial charge in [-0.15, -0.1) is 0 Å². The average molecular weight is 206 g/mol. The molecular formula is C8H22O2Si2. The Bertz CT molecular complexity index is 135. The third-order valence-corrected chi connectivity index (χ3v) is 8.67. The number of aliphatic hydroxyl groups excluding tert-OH is 1. The van der Waals surface area contributed by atoms with Crippen molar-refractivity contribution < 1.29 is 9.22 Å². The molecule has 2 nitrogen and oxygen atoms in total. The number of aliphatic hydroxyl groups is 1. The van der Waals surface area contributed by atoms with Gasteiger partial charge in [-0.25, -0.2) is 0 Å². The highest BCUT2D eigenvalue weighted by Gasteiger charge is 2.31. The van der Waals surface area contributed by atoms with E-state index >= 15 is 0 Å². The van der Waals surface area contributed by atoms with Crippen LogP contribution in [0.3, 0.4) is 0 Å². The summed E-state index contributed by atoms with van der Waals surface area (Å²) in [5, 5.41) is 9.08. The molecule has 74 valence electrons. The maximum Gasteiger partial charge on any atom is 0.199 e. The molecule has 12 heavy (non-hydrogen) atoms. The van der Waals surface area contributed by atoms with E-state index in [2.05, 4.69) is 33.1 Å². The van der Waals surface area contributed by atoms with Gasteiger partial charge in [-0.3, -0.25) is 0 Å². The van der Waals surface area contributed by atoms with Crippen LogP contribution in [0.4, 0.5) is 0 Å². The highest BCUT2D eigenvalue weighted by atomic mass is 28.4. The van der Waals surface area contributed by atoms with Gasteiger partial charge >= 0.3 is 0 Å². The fourth-order valence-corrected chi connectivity index (χ4v) is 9.29. The minimum absolute atomic E-state index is 0.243. The molecule has 0 rings (SSSR count). The Morgan fingerprint density at radius 1 is 1.08 bits per heavy atom. The van der Waals surface area contributed by atoms with E-state index in [9.17, 15) is 0 Å². The van der Waals surface area contributed by atoms with Gasteiger partial charge in [0.05, 0.1) is 6.23 Å². The summed E-state index contributed by atoms with van der Waals surface area (Å²) in [4.78, 5) is 0. The van der Waals surface area contributed by atoms with Crippen molar-refractivity contribution >= 4 is 16.6 Å². The molecule has 0 bridgehead atoms. The third-order valence-electron chi connectivity index (χ3n) is 1.79. The van der Waals surface area contributed by atoms with Crippen LogP contribution in [0.2, 0.25) is 32.2 Å². The molecule has 0 spiro atoms. The zero-order valence-electron chi connectivity index (χ0n) is 8.98. The summed E-state index contributed by atoms with van der Waals surface area (Å²) < 4.78 is 6.04. The molecule has 4 heteroatoms. The van der Waals surface area contributed by atoms with Gasteiger partial charge in [0.2, 0.25) is 0 Å². The fourth-order valence-electron chi connectivity index (χ4n) is 1.43. The van der Waals surface area contributed by atoms with Crippen LogP contribution in [0, 0.1) is 0 Å². The van der Waals surface area contributed by atoms with Gasteiger partial charge in [-0.2, -0.15) is 0 Å². The monoisotopic (exact) mass is 206 g/mol. The summed E-state index contributed by atoms with van der Waals surface area (Å²) in [5.74, 6) is 0. The second kappa shape index (κ2) is 4.55. The van der Waals surface area contributed by atoms with Gasteiger partial charge in [0.25, 0.3) is 0 Å². The molecular weight excluding hydrogens is 184 g/mol. The van der Waals surface area contributed by atoms with E-state index in [1.54, 1.807) is 0 Å². The van der Waals surface area contributed by atoms with E-state index in [1.165, 1.54) is 12.5 Å². The fraction of sp³-hybridized carbons (Fsp3) is 1.00. The Hall–Kier alpha value is 0.354. The first-order valence-corrected chi connectivity index (χ1v) is 10.9. The first-order chi connectivity index (χ1) is 5.33. The highest BCUT2D eigenvalue weighted by molar-refractivity contribution is 6.84. The van der Waals surface area contributed by atoms with E-state index < -0.39 is 16.6 Å². The highest BCUT2D eigenvalue weighted by Crippen LogP contribution is 2.19. The normalized spacial score (nSPS) is 13.5. The first kappa shape index (κ1) is 12.4. The van der Waals surface area contributed by atoms with Crippen molar-refractivity contribution in [1.82, 2.24) is 0 Å². The zero-order chi connectivity index (χ0) is 9.83. The van der Waals surface area contributed by atoms with Crippen molar-refractivity contribution in [3.63, 3.8) is 0 Å². The largest absolute Gasteiger partial charge is 0.454 e. The summed E-state index contributed by atoms with van der Waals surface area (Å²) in [6.45, 7) is 10.8. The van der Waals surface area contributed by atoms with Gasteiger partial charge in [0.15, 0.2) is 16.6 Å². The van der Waals surface area contributed by atoms with E-state index in [0.29, 0.717) is 0 Å². The minimum atomic E-state index is -1.73. The van der Waals surface area contributed by atoms with E-state index in [4.69, 9.17) is 9.22 Å². The average Bonchev–Trinajstić information content (AvgIpc) is 1.85. The summed E-state index contributed by atoms with van der Waals surface area (Å²) in [6.07, 6.45) is 1.43. The van der Waals surface area contributed by atoms with E-state index in [-0.39, 0.29) is 6.23 Å². The molecule has 0 saturated heterocycles. The lowest BCUT2D eigenvalue weighted by Crippen LogP contribution is -2.46. The van der Waals surface area contributed by atoms with Gasteiger partial charge in [-0.05, 0) is 32.2 Å². The number of hydrogen-bond donors (Lipinski definition) is 1. The molecule has 0 aromatic heterocycles. The smallest absolute Gasteiger partial charge is 0.199 e. The summed E-state index contributed by atoms with van der Waals surface area (Å²) in [6, 6.07) is 1.20. The molecule has 0 aromatic carbocycles. The predicted octanol–water partition coefficient (Wildman–Crippen LogP) is 2.35. The number of hydrogen-bond acceptors (Lipinski definition) is 2. The van der Waals surface area contributed by atoms with Crippen molar-refractivity contribution in [3.8, 4) is 0 Å². The molecule has 0 amide bonds. The Balaban J connectivity index is 4.04. The second-order valence-corrected chi connectivity index (χ2v) is 13.2. The van der Waals surface area contributed by atoms with Gasteiger partial charge in [0, 0.05) is 0 Å². The topological polar surface area (TPSA) is 29.5 Å². The quantitative estimate of drug-likeness (QED) is 0.700. The Morgan fingerprint density at radius 3 is 1.92 bits per heavy atom. The van der Waals surface area contributed by atoms with Crippen LogP contribution in [0.15, 0.2) is 0 Å². The van der Waals surface area contributed by atoms with Gasteiger partial charge in [0.1, 0.15) is 0 Å². The van der Waals surface area contributed by atoms with Crippen molar-refractivity contribution in [2.24, 2.45) is 0 Å². The molecule has 0 radical (unpaired) electrons. The summed E-state index contributed by atoms with van der Waals surface area (Å²) in [7, 11) is -3.19. The summed E-state index contributed by atoms with van der Waals surface area (Å²) in [5.41, 5.74) is 0. The Kier molecular flexibility index (Phi) is 4.69. The molecule has 0 unspecified atom stereocenters. The molecule has 0 aliphatic heterocycles. The summed E-state index contributed by atoms with van der Waals surface area (Å²) >= 11 is 0. The third kappa shape index (κ3) is 5.08. The molecule has 1 N–H and O–H groups in total. The molecule has 0 fully saturated rings. The van der Waals surface area contributed by atoms with E-state index in [1.807, 2.05) is 0 Å². The minimum Gasteiger partial charge on any atom is -0.454 e. The lowest BCUT2D eigenvalue weighted by molar-refractivity contribution is 0.332. The van der Waals surface area contributed by atoms with Crippen LogP contribution in [0.1, 0.15) is 13.3 Å². The van der Waals surface area contributed by atoms with E-state index in [0.717, 1.165) is 0 Å². The van der Waals surface area contributed by atoms with Crippen molar-refractivity contribution in [3.05, 3.63) is 0 Å².